The summed E-state index contributed by atoms with van der Waals surface area (Å²) in [6.07, 6.45) is 1.38. The summed E-state index contributed by atoms with van der Waals surface area (Å²) >= 11 is 0. The number of para-hydroxylation sites is 2. The van der Waals surface area contributed by atoms with Gasteiger partial charge in [0.05, 0.1) is 7.11 Å². The van der Waals surface area contributed by atoms with E-state index in [0.717, 1.165) is 0 Å². The van der Waals surface area contributed by atoms with Gasteiger partial charge in [-0.1, -0.05) is 12.1 Å². The SMILES string of the molecule is COc1ccccc1OCN=C=O. The molecule has 13 heavy (non-hydrogen) atoms. The quantitative estimate of drug-likeness (QED) is 0.518. The molecule has 0 aromatic heterocycles. The van der Waals surface area contributed by atoms with Crippen molar-refractivity contribution >= 4 is 6.08 Å². The zero-order chi connectivity index (χ0) is 9.52. The second-order valence-electron chi connectivity index (χ2n) is 2.17. The molecule has 68 valence electrons. The Morgan fingerprint density at radius 2 is 2.08 bits per heavy atom. The van der Waals surface area contributed by atoms with Crippen molar-refractivity contribution < 1.29 is 14.3 Å². The topological polar surface area (TPSA) is 47.9 Å². The van der Waals surface area contributed by atoms with Gasteiger partial charge in [-0.3, -0.25) is 0 Å². The van der Waals surface area contributed by atoms with Crippen LogP contribution in [0, 0.1) is 0 Å². The number of hydrogen-bond donors (Lipinski definition) is 0. The summed E-state index contributed by atoms with van der Waals surface area (Å²) < 4.78 is 10.1. The fraction of sp³-hybridized carbons (Fsp3) is 0.222. The Hall–Kier alpha value is -1.80. The van der Waals surface area contributed by atoms with Gasteiger partial charge in [0.2, 0.25) is 6.08 Å². The second-order valence-corrected chi connectivity index (χ2v) is 2.17. The number of carbonyl (C=O) groups excluding carboxylic acids is 1. The lowest BCUT2D eigenvalue weighted by molar-refractivity contribution is 0.304. The van der Waals surface area contributed by atoms with Crippen molar-refractivity contribution in [3.05, 3.63) is 24.3 Å². The maximum absolute atomic E-state index is 9.75. The molecule has 0 aliphatic carbocycles. The standard InChI is InChI=1S/C9H9NO3/c1-12-8-4-2-3-5-9(8)13-7-10-6-11/h2-5H,7H2,1H3. The van der Waals surface area contributed by atoms with Crippen molar-refractivity contribution in [2.24, 2.45) is 4.99 Å². The van der Waals surface area contributed by atoms with E-state index in [2.05, 4.69) is 4.99 Å². The molecular weight excluding hydrogens is 170 g/mol. The molecule has 0 bridgehead atoms. The molecule has 0 spiro atoms. The summed E-state index contributed by atoms with van der Waals surface area (Å²) in [6, 6.07) is 7.14. The molecule has 0 saturated heterocycles. The first-order valence-corrected chi connectivity index (χ1v) is 3.68. The maximum Gasteiger partial charge on any atom is 0.238 e. The average Bonchev–Trinajstić information content (AvgIpc) is 2.19. The van der Waals surface area contributed by atoms with Gasteiger partial charge in [0, 0.05) is 0 Å². The lowest BCUT2D eigenvalue weighted by Gasteiger charge is -2.06. The minimum Gasteiger partial charge on any atom is -0.493 e. The number of hydrogen-bond acceptors (Lipinski definition) is 4. The summed E-state index contributed by atoms with van der Waals surface area (Å²) in [7, 11) is 1.55. The van der Waals surface area contributed by atoms with Crippen LogP contribution in [0.1, 0.15) is 0 Å². The highest BCUT2D eigenvalue weighted by Gasteiger charge is 2.00. The van der Waals surface area contributed by atoms with Gasteiger partial charge in [0.1, 0.15) is 0 Å². The van der Waals surface area contributed by atoms with Gasteiger partial charge >= 0.3 is 0 Å². The first kappa shape index (κ1) is 9.29. The number of isocyanates is 1. The van der Waals surface area contributed by atoms with Crippen LogP contribution in [0.2, 0.25) is 0 Å². The highest BCUT2D eigenvalue weighted by atomic mass is 16.5. The Morgan fingerprint density at radius 1 is 1.38 bits per heavy atom. The van der Waals surface area contributed by atoms with E-state index >= 15 is 0 Å². The van der Waals surface area contributed by atoms with Gasteiger partial charge in [-0.25, -0.2) is 4.79 Å². The van der Waals surface area contributed by atoms with Crippen LogP contribution in [0.3, 0.4) is 0 Å². The monoisotopic (exact) mass is 179 g/mol. The molecular formula is C9H9NO3. The van der Waals surface area contributed by atoms with E-state index in [9.17, 15) is 4.79 Å². The third kappa shape index (κ3) is 2.61. The fourth-order valence-corrected chi connectivity index (χ4v) is 0.866. The lowest BCUT2D eigenvalue weighted by Crippen LogP contribution is -1.95. The normalized spacial score (nSPS) is 8.69. The molecule has 0 heterocycles. The molecule has 0 fully saturated rings. The van der Waals surface area contributed by atoms with Gasteiger partial charge in [0.25, 0.3) is 0 Å². The van der Waals surface area contributed by atoms with Gasteiger partial charge in [-0.2, -0.15) is 4.99 Å². The number of aliphatic imine (C=N–C) groups is 1. The van der Waals surface area contributed by atoms with E-state index in [1.807, 2.05) is 12.1 Å². The highest BCUT2D eigenvalue weighted by molar-refractivity contribution is 5.39. The summed E-state index contributed by atoms with van der Waals surface area (Å²) in [4.78, 5) is 13.0. The van der Waals surface area contributed by atoms with E-state index in [4.69, 9.17) is 9.47 Å². The fourth-order valence-electron chi connectivity index (χ4n) is 0.866. The largest absolute Gasteiger partial charge is 0.493 e. The molecule has 4 nitrogen and oxygen atoms in total. The Bertz CT molecular complexity index is 318. The first-order valence-electron chi connectivity index (χ1n) is 3.68. The van der Waals surface area contributed by atoms with Crippen molar-refractivity contribution in [1.82, 2.24) is 0 Å². The number of methoxy groups -OCH3 is 1. The molecule has 0 unspecified atom stereocenters. The Balaban J connectivity index is 2.69. The molecule has 1 rings (SSSR count). The number of rotatable bonds is 4. The van der Waals surface area contributed by atoms with Crippen LogP contribution in [-0.4, -0.2) is 19.9 Å². The van der Waals surface area contributed by atoms with Crippen molar-refractivity contribution in [3.63, 3.8) is 0 Å². The summed E-state index contributed by atoms with van der Waals surface area (Å²) in [5, 5.41) is 0. The van der Waals surface area contributed by atoms with Crippen LogP contribution >= 0.6 is 0 Å². The number of ether oxygens (including phenoxy) is 2. The predicted octanol–water partition coefficient (Wildman–Crippen LogP) is 1.37. The lowest BCUT2D eigenvalue weighted by atomic mass is 10.3. The van der Waals surface area contributed by atoms with Crippen molar-refractivity contribution in [2.45, 2.75) is 0 Å². The zero-order valence-corrected chi connectivity index (χ0v) is 7.19. The van der Waals surface area contributed by atoms with E-state index in [1.54, 1.807) is 19.2 Å². The van der Waals surface area contributed by atoms with Crippen LogP contribution in [-0.2, 0) is 4.79 Å². The van der Waals surface area contributed by atoms with E-state index in [1.165, 1.54) is 6.08 Å². The summed E-state index contributed by atoms with van der Waals surface area (Å²) in [5.41, 5.74) is 0. The average molecular weight is 179 g/mol. The molecule has 4 heteroatoms. The van der Waals surface area contributed by atoms with Gasteiger partial charge in [-0.05, 0) is 12.1 Å². The van der Waals surface area contributed by atoms with Crippen LogP contribution in [0.5, 0.6) is 11.5 Å². The van der Waals surface area contributed by atoms with E-state index in [-0.39, 0.29) is 6.73 Å². The van der Waals surface area contributed by atoms with Crippen LogP contribution in [0.4, 0.5) is 0 Å². The van der Waals surface area contributed by atoms with Gasteiger partial charge in [0.15, 0.2) is 18.2 Å². The van der Waals surface area contributed by atoms with Crippen LogP contribution in [0.15, 0.2) is 29.3 Å². The van der Waals surface area contributed by atoms with Crippen molar-refractivity contribution in [3.8, 4) is 11.5 Å². The minimum atomic E-state index is -0.0378. The third-order valence-electron chi connectivity index (χ3n) is 1.42. The molecule has 0 N–H and O–H groups in total. The third-order valence-corrected chi connectivity index (χ3v) is 1.42. The number of nitrogens with zero attached hydrogens (tertiary/aromatic N) is 1. The maximum atomic E-state index is 9.75. The predicted molar refractivity (Wildman–Crippen MR) is 46.6 cm³/mol. The molecule has 0 saturated carbocycles. The Labute approximate surface area is 75.8 Å². The molecule has 0 aliphatic heterocycles. The minimum absolute atomic E-state index is 0.0378. The molecule has 0 aliphatic rings. The van der Waals surface area contributed by atoms with Gasteiger partial charge < -0.3 is 9.47 Å². The van der Waals surface area contributed by atoms with E-state index in [0.29, 0.717) is 11.5 Å². The molecule has 0 atom stereocenters. The number of benzene rings is 1. The van der Waals surface area contributed by atoms with Crippen molar-refractivity contribution in [2.75, 3.05) is 13.8 Å². The summed E-state index contributed by atoms with van der Waals surface area (Å²) in [5.74, 6) is 1.17. The van der Waals surface area contributed by atoms with Crippen LogP contribution < -0.4 is 9.47 Å². The second kappa shape index (κ2) is 4.95. The van der Waals surface area contributed by atoms with Crippen LogP contribution in [0.25, 0.3) is 0 Å². The van der Waals surface area contributed by atoms with Crippen molar-refractivity contribution in [1.29, 1.82) is 0 Å². The Kier molecular flexibility index (Phi) is 3.54. The molecule has 1 aromatic rings. The first-order chi connectivity index (χ1) is 6.38. The molecule has 0 amide bonds. The Morgan fingerprint density at radius 3 is 2.69 bits per heavy atom. The zero-order valence-electron chi connectivity index (χ0n) is 7.19. The molecule has 1 aromatic carbocycles. The summed E-state index contributed by atoms with van der Waals surface area (Å²) in [6.45, 7) is -0.0378. The van der Waals surface area contributed by atoms with E-state index < -0.39 is 0 Å². The smallest absolute Gasteiger partial charge is 0.238 e. The molecule has 0 radical (unpaired) electrons. The highest BCUT2D eigenvalue weighted by Crippen LogP contribution is 2.25. The van der Waals surface area contributed by atoms with Gasteiger partial charge in [-0.15, -0.1) is 0 Å².